The monoisotopic (exact) mass is 369 g/mol. The summed E-state index contributed by atoms with van der Waals surface area (Å²) >= 11 is 0. The van der Waals surface area contributed by atoms with Gasteiger partial charge in [0, 0.05) is 6.54 Å². The maximum Gasteiger partial charge on any atom is 0.307 e. The van der Waals surface area contributed by atoms with Gasteiger partial charge in [0.2, 0.25) is 0 Å². The third kappa shape index (κ3) is 15.6. The predicted octanol–water partition coefficient (Wildman–Crippen LogP) is 4.95. The predicted molar refractivity (Wildman–Crippen MR) is 110 cm³/mol. The normalized spacial score (nSPS) is 11.9. The Morgan fingerprint density at radius 2 is 1.38 bits per heavy atom. The average molecular weight is 370 g/mol. The second-order valence-electron chi connectivity index (χ2n) is 7.78. The molecule has 0 amide bonds. The van der Waals surface area contributed by atoms with Crippen molar-refractivity contribution in [2.24, 2.45) is 0 Å². The van der Waals surface area contributed by atoms with E-state index in [2.05, 4.69) is 13.8 Å². The van der Waals surface area contributed by atoms with Crippen molar-refractivity contribution in [3.05, 3.63) is 13.8 Å². The van der Waals surface area contributed by atoms with Crippen LogP contribution in [-0.4, -0.2) is 48.8 Å². The van der Waals surface area contributed by atoms with Gasteiger partial charge in [-0.05, 0) is 46.2 Å². The Kier molecular flexibility index (Phi) is 16.2. The largest absolute Gasteiger partial charge is 0.466 e. The minimum atomic E-state index is -0.558. The Morgan fingerprint density at radius 1 is 0.885 bits per heavy atom. The number of esters is 1. The summed E-state index contributed by atoms with van der Waals surface area (Å²) in [6.45, 7) is 8.95. The van der Waals surface area contributed by atoms with E-state index in [4.69, 9.17) is 4.74 Å². The van der Waals surface area contributed by atoms with Crippen molar-refractivity contribution in [3.8, 4) is 0 Å². The third-order valence-electron chi connectivity index (χ3n) is 4.85. The first kappa shape index (κ1) is 25.4. The number of aliphatic hydroxyl groups is 1. The van der Waals surface area contributed by atoms with E-state index in [1.165, 1.54) is 0 Å². The molecule has 0 unspecified atom stereocenters. The molecule has 2 radical (unpaired) electrons. The molecule has 0 spiro atoms. The van der Waals surface area contributed by atoms with Gasteiger partial charge in [0.25, 0.3) is 0 Å². The molecule has 0 aliphatic carbocycles. The van der Waals surface area contributed by atoms with E-state index in [0.29, 0.717) is 13.0 Å². The molecule has 0 atom stereocenters. The molecule has 0 aliphatic rings. The van der Waals surface area contributed by atoms with Gasteiger partial charge in [-0.1, -0.05) is 65.2 Å². The molecule has 0 aliphatic heterocycles. The van der Waals surface area contributed by atoms with Gasteiger partial charge in [0.1, 0.15) is 0 Å². The smallest absolute Gasteiger partial charge is 0.307 e. The van der Waals surface area contributed by atoms with Crippen LogP contribution in [0.2, 0.25) is 0 Å². The van der Waals surface area contributed by atoms with E-state index < -0.39 is 5.60 Å². The molecule has 0 fully saturated rings. The Hall–Kier alpha value is -0.610. The summed E-state index contributed by atoms with van der Waals surface area (Å²) in [5.74, 6) is -0.129. The van der Waals surface area contributed by atoms with Crippen LogP contribution in [0.3, 0.4) is 0 Å². The lowest BCUT2D eigenvalue weighted by Gasteiger charge is -2.28. The van der Waals surface area contributed by atoms with E-state index in [-0.39, 0.29) is 5.97 Å². The molecule has 0 bridgehead atoms. The van der Waals surface area contributed by atoms with Gasteiger partial charge >= 0.3 is 5.97 Å². The van der Waals surface area contributed by atoms with Crippen LogP contribution in [0.4, 0.5) is 0 Å². The molecule has 0 heterocycles. The summed E-state index contributed by atoms with van der Waals surface area (Å²) < 4.78 is 5.27. The van der Waals surface area contributed by atoms with Gasteiger partial charge in [-0.25, -0.2) is 0 Å². The van der Waals surface area contributed by atoms with Crippen molar-refractivity contribution in [3.63, 3.8) is 0 Å². The fourth-order valence-corrected chi connectivity index (χ4v) is 3.12. The molecule has 4 nitrogen and oxygen atoms in total. The van der Waals surface area contributed by atoms with E-state index >= 15 is 0 Å². The van der Waals surface area contributed by atoms with E-state index in [1.807, 2.05) is 19.0 Å². The SMILES string of the molecule is [CH2]CCCCCC(O)(CCCCC[CH2])CCCCOC(=O)CCN(C)C. The molecule has 4 heteroatoms. The van der Waals surface area contributed by atoms with E-state index in [1.54, 1.807) is 0 Å². The zero-order valence-corrected chi connectivity index (χ0v) is 17.4. The maximum absolute atomic E-state index is 11.6. The molecule has 1 N–H and O–H groups in total. The maximum atomic E-state index is 11.6. The molecule has 0 saturated heterocycles. The number of ether oxygens (including phenoxy) is 1. The highest BCUT2D eigenvalue weighted by molar-refractivity contribution is 5.69. The third-order valence-corrected chi connectivity index (χ3v) is 4.85. The summed E-state index contributed by atoms with van der Waals surface area (Å²) in [5.41, 5.74) is -0.558. The molecule has 0 aromatic heterocycles. The molecule has 0 saturated carbocycles. The number of rotatable bonds is 18. The Bertz CT molecular complexity index is 319. The summed E-state index contributed by atoms with van der Waals surface area (Å²) in [4.78, 5) is 13.6. The standard InChI is InChI=1S/C22H43NO3/c1-5-7-9-11-16-22(25,17-12-10-8-6-2)18-13-14-20-26-21(24)15-19-23(3)4/h25H,1-2,5-20H2,3-4H3. The molecule has 154 valence electrons. The number of hydrogen-bond donors (Lipinski definition) is 1. The van der Waals surface area contributed by atoms with Gasteiger partial charge in [-0.2, -0.15) is 0 Å². The molecule has 0 aromatic rings. The molecular weight excluding hydrogens is 326 g/mol. The first-order valence-corrected chi connectivity index (χ1v) is 10.5. The zero-order valence-electron chi connectivity index (χ0n) is 17.4. The summed E-state index contributed by atoms with van der Waals surface area (Å²) in [6, 6.07) is 0. The Balaban J connectivity index is 4.05. The number of nitrogens with zero attached hydrogens (tertiary/aromatic N) is 1. The van der Waals surface area contributed by atoms with Crippen molar-refractivity contribution in [2.75, 3.05) is 27.2 Å². The fourth-order valence-electron chi connectivity index (χ4n) is 3.12. The minimum absolute atomic E-state index is 0.129. The Labute approximate surface area is 162 Å². The van der Waals surface area contributed by atoms with Crippen LogP contribution in [0, 0.1) is 13.8 Å². The molecular formula is C22H43NO3. The van der Waals surface area contributed by atoms with Crippen LogP contribution in [0.5, 0.6) is 0 Å². The Morgan fingerprint density at radius 3 is 1.85 bits per heavy atom. The van der Waals surface area contributed by atoms with Crippen LogP contribution >= 0.6 is 0 Å². The number of carbonyl (C=O) groups excluding carboxylic acids is 1. The van der Waals surface area contributed by atoms with Crippen LogP contribution in [0.1, 0.15) is 89.9 Å². The molecule has 0 aromatic carbocycles. The molecule has 26 heavy (non-hydrogen) atoms. The van der Waals surface area contributed by atoms with Gasteiger partial charge in [-0.3, -0.25) is 4.79 Å². The van der Waals surface area contributed by atoms with E-state index in [9.17, 15) is 9.90 Å². The van der Waals surface area contributed by atoms with Crippen LogP contribution in [0.25, 0.3) is 0 Å². The quantitative estimate of drug-likeness (QED) is 0.274. The first-order valence-electron chi connectivity index (χ1n) is 10.5. The van der Waals surface area contributed by atoms with Gasteiger partial charge < -0.3 is 14.7 Å². The highest BCUT2D eigenvalue weighted by Gasteiger charge is 2.25. The number of hydrogen-bond acceptors (Lipinski definition) is 4. The van der Waals surface area contributed by atoms with Crippen molar-refractivity contribution in [1.29, 1.82) is 0 Å². The van der Waals surface area contributed by atoms with Gasteiger partial charge in [-0.15, -0.1) is 0 Å². The zero-order chi connectivity index (χ0) is 19.7. The van der Waals surface area contributed by atoms with Crippen LogP contribution in [-0.2, 0) is 9.53 Å². The second-order valence-corrected chi connectivity index (χ2v) is 7.78. The average Bonchev–Trinajstić information content (AvgIpc) is 2.60. The lowest BCUT2D eigenvalue weighted by atomic mass is 9.85. The van der Waals surface area contributed by atoms with Crippen molar-refractivity contribution in [2.45, 2.75) is 95.5 Å². The fraction of sp³-hybridized carbons (Fsp3) is 0.864. The summed E-state index contributed by atoms with van der Waals surface area (Å²) in [6.07, 6.45) is 13.4. The lowest BCUT2D eigenvalue weighted by molar-refractivity contribution is -0.144. The van der Waals surface area contributed by atoms with Crippen LogP contribution in [0.15, 0.2) is 0 Å². The van der Waals surface area contributed by atoms with Crippen molar-refractivity contribution >= 4 is 5.97 Å². The summed E-state index contributed by atoms with van der Waals surface area (Å²) in [5, 5.41) is 11.0. The molecule has 0 rings (SSSR count). The van der Waals surface area contributed by atoms with E-state index in [0.717, 1.165) is 90.0 Å². The van der Waals surface area contributed by atoms with Gasteiger partial charge in [0.15, 0.2) is 0 Å². The van der Waals surface area contributed by atoms with Crippen LogP contribution < -0.4 is 0 Å². The topological polar surface area (TPSA) is 49.8 Å². The second kappa shape index (κ2) is 16.6. The highest BCUT2D eigenvalue weighted by Crippen LogP contribution is 2.28. The van der Waals surface area contributed by atoms with Crippen molar-refractivity contribution < 1.29 is 14.6 Å². The lowest BCUT2D eigenvalue weighted by Crippen LogP contribution is -2.28. The highest BCUT2D eigenvalue weighted by atomic mass is 16.5. The number of carbonyl (C=O) groups is 1. The summed E-state index contributed by atoms with van der Waals surface area (Å²) in [7, 11) is 3.89. The van der Waals surface area contributed by atoms with Crippen molar-refractivity contribution in [1.82, 2.24) is 4.90 Å². The van der Waals surface area contributed by atoms with Gasteiger partial charge in [0.05, 0.1) is 18.6 Å². The number of unbranched alkanes of at least 4 members (excludes halogenated alkanes) is 7. The first-order chi connectivity index (χ1) is 12.4. The minimum Gasteiger partial charge on any atom is -0.466 e.